The SMILES string of the molecule is N#CCCCNC(=O)CC1(C(=O)O)CCCC1. The van der Waals surface area contributed by atoms with Gasteiger partial charge in [0.15, 0.2) is 0 Å². The third-order valence-electron chi connectivity index (χ3n) is 3.30. The summed E-state index contributed by atoms with van der Waals surface area (Å²) in [6, 6.07) is 1.99. The van der Waals surface area contributed by atoms with E-state index in [-0.39, 0.29) is 12.3 Å². The number of carbonyl (C=O) groups excluding carboxylic acids is 1. The van der Waals surface area contributed by atoms with Crippen molar-refractivity contribution >= 4 is 11.9 Å². The van der Waals surface area contributed by atoms with E-state index in [9.17, 15) is 14.7 Å². The van der Waals surface area contributed by atoms with Crippen molar-refractivity contribution in [1.82, 2.24) is 5.32 Å². The summed E-state index contributed by atoms with van der Waals surface area (Å²) in [4.78, 5) is 22.8. The van der Waals surface area contributed by atoms with Gasteiger partial charge in [0.1, 0.15) is 0 Å². The number of nitrogens with one attached hydrogen (secondary N) is 1. The second-order valence-electron chi connectivity index (χ2n) is 4.58. The average Bonchev–Trinajstić information content (AvgIpc) is 2.74. The molecule has 0 aromatic heterocycles. The van der Waals surface area contributed by atoms with Crippen LogP contribution in [-0.4, -0.2) is 23.5 Å². The molecule has 1 rings (SSSR count). The average molecular weight is 238 g/mol. The van der Waals surface area contributed by atoms with Crippen LogP contribution in [0.4, 0.5) is 0 Å². The predicted octanol–water partition coefficient (Wildman–Crippen LogP) is 1.44. The molecule has 1 amide bonds. The molecule has 0 bridgehead atoms. The number of carbonyl (C=O) groups is 2. The zero-order valence-corrected chi connectivity index (χ0v) is 9.87. The van der Waals surface area contributed by atoms with Crippen molar-refractivity contribution in [3.05, 3.63) is 0 Å². The van der Waals surface area contributed by atoms with Gasteiger partial charge in [-0.05, 0) is 19.3 Å². The molecule has 0 aromatic carbocycles. The lowest BCUT2D eigenvalue weighted by molar-refractivity contribution is -0.151. The molecule has 5 heteroatoms. The van der Waals surface area contributed by atoms with Gasteiger partial charge in [0.2, 0.25) is 5.91 Å². The maximum atomic E-state index is 11.6. The number of nitriles is 1. The summed E-state index contributed by atoms with van der Waals surface area (Å²) < 4.78 is 0. The molecule has 5 nitrogen and oxygen atoms in total. The van der Waals surface area contributed by atoms with Crippen LogP contribution in [0, 0.1) is 16.7 Å². The van der Waals surface area contributed by atoms with Crippen molar-refractivity contribution in [2.75, 3.05) is 6.54 Å². The number of unbranched alkanes of at least 4 members (excludes halogenated alkanes) is 1. The highest BCUT2D eigenvalue weighted by molar-refractivity contribution is 5.85. The van der Waals surface area contributed by atoms with E-state index in [0.29, 0.717) is 32.2 Å². The van der Waals surface area contributed by atoms with E-state index in [1.54, 1.807) is 0 Å². The second-order valence-corrected chi connectivity index (χ2v) is 4.58. The first-order valence-corrected chi connectivity index (χ1v) is 5.98. The van der Waals surface area contributed by atoms with Gasteiger partial charge < -0.3 is 10.4 Å². The maximum absolute atomic E-state index is 11.6. The second kappa shape index (κ2) is 6.24. The van der Waals surface area contributed by atoms with Crippen molar-refractivity contribution < 1.29 is 14.7 Å². The van der Waals surface area contributed by atoms with E-state index in [1.807, 2.05) is 6.07 Å². The van der Waals surface area contributed by atoms with Crippen LogP contribution in [-0.2, 0) is 9.59 Å². The number of hydrogen-bond donors (Lipinski definition) is 2. The zero-order valence-electron chi connectivity index (χ0n) is 9.87. The number of nitrogens with zero attached hydrogens (tertiary/aromatic N) is 1. The molecule has 0 saturated heterocycles. The molecule has 0 heterocycles. The fourth-order valence-electron chi connectivity index (χ4n) is 2.28. The Hall–Kier alpha value is -1.57. The van der Waals surface area contributed by atoms with E-state index in [4.69, 9.17) is 5.26 Å². The first kappa shape index (κ1) is 13.5. The van der Waals surface area contributed by atoms with E-state index in [0.717, 1.165) is 12.8 Å². The molecule has 2 N–H and O–H groups in total. The molecule has 1 aliphatic rings. The van der Waals surface area contributed by atoms with E-state index in [2.05, 4.69) is 5.32 Å². The van der Waals surface area contributed by atoms with Crippen molar-refractivity contribution in [3.8, 4) is 6.07 Å². The van der Waals surface area contributed by atoms with E-state index < -0.39 is 11.4 Å². The Balaban J connectivity index is 2.38. The Labute approximate surface area is 101 Å². The molecule has 0 radical (unpaired) electrons. The lowest BCUT2D eigenvalue weighted by Gasteiger charge is -2.22. The highest BCUT2D eigenvalue weighted by atomic mass is 16.4. The van der Waals surface area contributed by atoms with Gasteiger partial charge in [0.05, 0.1) is 11.5 Å². The van der Waals surface area contributed by atoms with Crippen molar-refractivity contribution in [3.63, 3.8) is 0 Å². The van der Waals surface area contributed by atoms with Crippen LogP contribution in [0.2, 0.25) is 0 Å². The molecule has 0 aliphatic heterocycles. The molecular weight excluding hydrogens is 220 g/mol. The van der Waals surface area contributed by atoms with Crippen molar-refractivity contribution in [2.24, 2.45) is 5.41 Å². The van der Waals surface area contributed by atoms with Crippen LogP contribution in [0.25, 0.3) is 0 Å². The van der Waals surface area contributed by atoms with E-state index in [1.165, 1.54) is 0 Å². The topological polar surface area (TPSA) is 90.2 Å². The number of aliphatic carboxylic acids is 1. The fourth-order valence-corrected chi connectivity index (χ4v) is 2.28. The van der Waals surface area contributed by atoms with Gasteiger partial charge in [0.25, 0.3) is 0 Å². The minimum atomic E-state index is -0.859. The molecule has 1 fully saturated rings. The van der Waals surface area contributed by atoms with E-state index >= 15 is 0 Å². The van der Waals surface area contributed by atoms with Gasteiger partial charge >= 0.3 is 5.97 Å². The third-order valence-corrected chi connectivity index (χ3v) is 3.30. The summed E-state index contributed by atoms with van der Waals surface area (Å²) in [7, 11) is 0. The number of amides is 1. The van der Waals surface area contributed by atoms with Crippen molar-refractivity contribution in [1.29, 1.82) is 5.26 Å². The Morgan fingerprint density at radius 2 is 2.00 bits per heavy atom. The fraction of sp³-hybridized carbons (Fsp3) is 0.750. The first-order chi connectivity index (χ1) is 8.10. The molecule has 0 atom stereocenters. The molecule has 94 valence electrons. The third kappa shape index (κ3) is 3.74. The number of carboxylic acid groups (broad SMARTS) is 1. The van der Waals surface area contributed by atoms with Crippen LogP contribution in [0.15, 0.2) is 0 Å². The van der Waals surface area contributed by atoms with Crippen LogP contribution in [0.5, 0.6) is 0 Å². The lowest BCUT2D eigenvalue weighted by atomic mass is 9.82. The predicted molar refractivity (Wildman–Crippen MR) is 61.0 cm³/mol. The minimum Gasteiger partial charge on any atom is -0.481 e. The molecule has 1 aliphatic carbocycles. The highest BCUT2D eigenvalue weighted by Crippen LogP contribution is 2.41. The Bertz CT molecular complexity index is 327. The monoisotopic (exact) mass is 238 g/mol. The van der Waals surface area contributed by atoms with Crippen LogP contribution in [0.3, 0.4) is 0 Å². The lowest BCUT2D eigenvalue weighted by Crippen LogP contribution is -2.36. The van der Waals surface area contributed by atoms with Gasteiger partial charge in [-0.15, -0.1) is 0 Å². The number of rotatable bonds is 6. The number of hydrogen-bond acceptors (Lipinski definition) is 3. The van der Waals surface area contributed by atoms with Gasteiger partial charge in [0, 0.05) is 19.4 Å². The Morgan fingerprint density at radius 1 is 1.35 bits per heavy atom. The van der Waals surface area contributed by atoms with Crippen molar-refractivity contribution in [2.45, 2.75) is 44.9 Å². The van der Waals surface area contributed by atoms with Gasteiger partial charge in [-0.2, -0.15) is 5.26 Å². The van der Waals surface area contributed by atoms with Gasteiger partial charge in [-0.1, -0.05) is 12.8 Å². The summed E-state index contributed by atoms with van der Waals surface area (Å²) in [5.74, 6) is -1.07. The normalized spacial score (nSPS) is 17.4. The summed E-state index contributed by atoms with van der Waals surface area (Å²) in [6.07, 6.45) is 4.03. The molecular formula is C12H18N2O3. The quantitative estimate of drug-likeness (QED) is 0.685. The van der Waals surface area contributed by atoms with Crippen LogP contribution in [0.1, 0.15) is 44.9 Å². The summed E-state index contributed by atoms with van der Waals surface area (Å²) >= 11 is 0. The Kier molecular flexibility index (Phi) is 4.95. The summed E-state index contributed by atoms with van der Waals surface area (Å²) in [5, 5.41) is 20.2. The maximum Gasteiger partial charge on any atom is 0.310 e. The summed E-state index contributed by atoms with van der Waals surface area (Å²) in [5.41, 5.74) is -0.848. The standard InChI is InChI=1S/C12H18N2O3/c13-7-3-4-8-14-10(15)9-12(11(16)17)5-1-2-6-12/h1-6,8-9H2,(H,14,15)(H,16,17). The highest BCUT2D eigenvalue weighted by Gasteiger charge is 2.42. The molecule has 1 saturated carbocycles. The number of carboxylic acids is 1. The van der Waals surface area contributed by atoms with Gasteiger partial charge in [-0.3, -0.25) is 9.59 Å². The van der Waals surface area contributed by atoms with Crippen LogP contribution >= 0.6 is 0 Å². The first-order valence-electron chi connectivity index (χ1n) is 5.98. The smallest absolute Gasteiger partial charge is 0.310 e. The molecule has 0 unspecified atom stereocenters. The van der Waals surface area contributed by atoms with Crippen LogP contribution < -0.4 is 5.32 Å². The Morgan fingerprint density at radius 3 is 2.53 bits per heavy atom. The minimum absolute atomic E-state index is 0.0644. The largest absolute Gasteiger partial charge is 0.481 e. The molecule has 0 aromatic rings. The van der Waals surface area contributed by atoms with Gasteiger partial charge in [-0.25, -0.2) is 0 Å². The molecule has 17 heavy (non-hydrogen) atoms. The summed E-state index contributed by atoms with van der Waals surface area (Å²) in [6.45, 7) is 0.447. The zero-order chi connectivity index (χ0) is 12.7. The molecule has 0 spiro atoms.